The van der Waals surface area contributed by atoms with Crippen molar-refractivity contribution in [1.29, 1.82) is 0 Å². The minimum absolute atomic E-state index is 0.100. The number of hydrogen-bond donors (Lipinski definition) is 3. The van der Waals surface area contributed by atoms with Gasteiger partial charge in [0.2, 0.25) is 23.7 Å². The molecule has 4 N–H and O–H groups in total. The third-order valence-corrected chi connectivity index (χ3v) is 12.3. The smallest absolute Gasteiger partial charge is 0.329 e. The van der Waals surface area contributed by atoms with Gasteiger partial charge in [-0.2, -0.15) is 0 Å². The first-order valence-corrected chi connectivity index (χ1v) is 19.7. The molecule has 16 nitrogen and oxygen atoms in total. The van der Waals surface area contributed by atoms with Crippen LogP contribution in [0.15, 0.2) is 65.7 Å². The van der Waals surface area contributed by atoms with Crippen LogP contribution in [0.4, 0.5) is 17.5 Å². The number of aromatic nitrogens is 6. The van der Waals surface area contributed by atoms with Crippen molar-refractivity contribution in [2.75, 3.05) is 41.7 Å². The first-order valence-electron chi connectivity index (χ1n) is 19.7. The summed E-state index contributed by atoms with van der Waals surface area (Å²) < 4.78 is 2.98. The fraction of sp³-hybridized carbons (Fsp3) is 0.415. The zero-order valence-electron chi connectivity index (χ0n) is 31.8. The van der Waals surface area contributed by atoms with Crippen molar-refractivity contribution in [1.82, 2.24) is 39.5 Å². The number of nitrogens with two attached hydrogens (primary N) is 1. The van der Waals surface area contributed by atoms with E-state index in [0.29, 0.717) is 54.0 Å². The molecule has 3 amide bonds. The largest absolute Gasteiger partial charge is 0.507 e. The first kappa shape index (κ1) is 36.3. The van der Waals surface area contributed by atoms with Gasteiger partial charge in [-0.05, 0) is 85.9 Å². The number of likely N-dealkylation sites (tertiary alicyclic amines) is 1. The summed E-state index contributed by atoms with van der Waals surface area (Å²) in [5.41, 5.74) is 11.4. The summed E-state index contributed by atoms with van der Waals surface area (Å²) in [6.07, 6.45) is 8.99. The Morgan fingerprint density at radius 1 is 0.912 bits per heavy atom. The van der Waals surface area contributed by atoms with E-state index in [1.54, 1.807) is 19.2 Å². The number of amides is 3. The second kappa shape index (κ2) is 14.6. The standard InChI is InChI=1S/C41H45N11O5/c1-48-33-18-24(6-10-31(33)52(41(48)57)32-11-12-36(54)45-39(32)56)7-13-37(55)49-16-14-25(15-17-49)26-20-43-40(44-21-26)51-27-8-9-28(51)23-50(22-27)34-19-30(46-47-38(34)42)29-4-2-3-5-35(29)53/h2-6,10,18-21,25,27-28,32,53H,7-9,11-17,22-23H2,1H3,(H2,42,47)(H,45,54,56). The van der Waals surface area contributed by atoms with E-state index in [1.807, 2.05) is 53.7 Å². The van der Waals surface area contributed by atoms with E-state index in [-0.39, 0.29) is 54.1 Å². The molecular weight excluding hydrogens is 727 g/mol. The summed E-state index contributed by atoms with van der Waals surface area (Å²) in [5.74, 6) is 0.830. The van der Waals surface area contributed by atoms with E-state index in [4.69, 9.17) is 15.7 Å². The number of carbonyl (C=O) groups excluding carboxylic acids is 3. The van der Waals surface area contributed by atoms with Gasteiger partial charge >= 0.3 is 5.69 Å². The van der Waals surface area contributed by atoms with Gasteiger partial charge in [-0.25, -0.2) is 14.8 Å². The van der Waals surface area contributed by atoms with Gasteiger partial charge in [0, 0.05) is 76.1 Å². The van der Waals surface area contributed by atoms with Crippen molar-refractivity contribution in [2.45, 2.75) is 75.4 Å². The molecule has 3 aromatic heterocycles. The highest BCUT2D eigenvalue weighted by atomic mass is 16.3. The minimum Gasteiger partial charge on any atom is -0.507 e. The molecule has 4 saturated heterocycles. The minimum atomic E-state index is -0.735. The number of fused-ring (bicyclic) bond motifs is 3. The average Bonchev–Trinajstić information content (AvgIpc) is 3.63. The number of nitrogen functional groups attached to an aromatic ring is 1. The number of aromatic hydroxyl groups is 1. The van der Waals surface area contributed by atoms with Crippen molar-refractivity contribution in [3.05, 3.63) is 82.5 Å². The quantitative estimate of drug-likeness (QED) is 0.195. The highest BCUT2D eigenvalue weighted by Gasteiger charge is 2.42. The van der Waals surface area contributed by atoms with Gasteiger partial charge in [-0.15, -0.1) is 10.2 Å². The number of rotatable bonds is 8. The third kappa shape index (κ3) is 6.72. The number of imide groups is 1. The number of phenolic OH excluding ortho intramolecular Hbond substituents is 1. The number of phenols is 1. The van der Waals surface area contributed by atoms with Crippen LogP contribution < -0.4 is 26.5 Å². The number of hydrogen-bond acceptors (Lipinski definition) is 12. The summed E-state index contributed by atoms with van der Waals surface area (Å²) in [7, 11) is 1.67. The molecule has 5 aromatic rings. The number of nitrogens with zero attached hydrogens (tertiary/aromatic N) is 9. The zero-order chi connectivity index (χ0) is 39.4. The molecule has 9 rings (SSSR count). The van der Waals surface area contributed by atoms with Crippen LogP contribution in [-0.2, 0) is 27.9 Å². The van der Waals surface area contributed by atoms with Gasteiger partial charge in [0.05, 0.1) is 22.4 Å². The number of anilines is 3. The average molecular weight is 772 g/mol. The lowest BCUT2D eigenvalue weighted by atomic mass is 9.91. The zero-order valence-corrected chi connectivity index (χ0v) is 31.8. The Morgan fingerprint density at radius 2 is 1.65 bits per heavy atom. The van der Waals surface area contributed by atoms with E-state index < -0.39 is 11.9 Å². The molecule has 0 saturated carbocycles. The van der Waals surface area contributed by atoms with Crippen LogP contribution in [0.1, 0.15) is 68.0 Å². The number of piperidine rings is 2. The van der Waals surface area contributed by atoms with Crippen LogP contribution in [0, 0.1) is 0 Å². The fourth-order valence-electron chi connectivity index (χ4n) is 9.23. The Morgan fingerprint density at radius 3 is 2.37 bits per heavy atom. The van der Waals surface area contributed by atoms with Gasteiger partial charge < -0.3 is 25.5 Å². The number of nitrogens with one attached hydrogen (secondary N) is 1. The first-order chi connectivity index (χ1) is 27.6. The summed E-state index contributed by atoms with van der Waals surface area (Å²) in [6.45, 7) is 2.82. The molecule has 294 valence electrons. The molecule has 4 fully saturated rings. The summed E-state index contributed by atoms with van der Waals surface area (Å²) in [6, 6.07) is 14.3. The van der Waals surface area contributed by atoms with E-state index >= 15 is 0 Å². The number of imidazole rings is 1. The number of para-hydroxylation sites is 1. The summed E-state index contributed by atoms with van der Waals surface area (Å²) in [5, 5.41) is 21.2. The van der Waals surface area contributed by atoms with Crippen LogP contribution in [-0.4, -0.2) is 95.3 Å². The second-order valence-electron chi connectivity index (χ2n) is 15.7. The Kier molecular flexibility index (Phi) is 9.33. The van der Waals surface area contributed by atoms with Crippen LogP contribution in [0.25, 0.3) is 22.3 Å². The van der Waals surface area contributed by atoms with Crippen molar-refractivity contribution in [3.8, 4) is 17.0 Å². The molecule has 0 radical (unpaired) electrons. The maximum absolute atomic E-state index is 13.3. The Hall–Kier alpha value is -6.32. The molecule has 57 heavy (non-hydrogen) atoms. The van der Waals surface area contributed by atoms with E-state index in [1.165, 1.54) is 9.13 Å². The topological polar surface area (TPSA) is 198 Å². The monoisotopic (exact) mass is 771 g/mol. The van der Waals surface area contributed by atoms with Crippen LogP contribution >= 0.6 is 0 Å². The van der Waals surface area contributed by atoms with Gasteiger partial charge in [0.15, 0.2) is 5.82 Å². The van der Waals surface area contributed by atoms with Gasteiger partial charge in [0.25, 0.3) is 0 Å². The molecule has 2 bridgehead atoms. The van der Waals surface area contributed by atoms with E-state index in [0.717, 1.165) is 61.5 Å². The van der Waals surface area contributed by atoms with E-state index in [9.17, 15) is 24.3 Å². The Bertz CT molecular complexity index is 2420. The normalized spacial score (nSPS) is 21.4. The maximum Gasteiger partial charge on any atom is 0.329 e. The van der Waals surface area contributed by atoms with E-state index in [2.05, 4.69) is 25.3 Å². The molecule has 4 aliphatic rings. The lowest BCUT2D eigenvalue weighted by Crippen LogP contribution is -2.54. The lowest BCUT2D eigenvalue weighted by Gasteiger charge is -2.42. The maximum atomic E-state index is 13.3. The Balaban J connectivity index is 0.792. The second-order valence-corrected chi connectivity index (χ2v) is 15.7. The van der Waals surface area contributed by atoms with Crippen molar-refractivity contribution in [3.63, 3.8) is 0 Å². The molecule has 3 atom stereocenters. The van der Waals surface area contributed by atoms with Crippen LogP contribution in [0.5, 0.6) is 5.75 Å². The van der Waals surface area contributed by atoms with Crippen LogP contribution in [0.3, 0.4) is 0 Å². The lowest BCUT2D eigenvalue weighted by molar-refractivity contribution is -0.136. The predicted molar refractivity (Wildman–Crippen MR) is 213 cm³/mol. The highest BCUT2D eigenvalue weighted by Crippen LogP contribution is 2.38. The number of piperazine rings is 1. The van der Waals surface area contributed by atoms with Crippen molar-refractivity contribution in [2.24, 2.45) is 7.05 Å². The molecule has 0 aliphatic carbocycles. The summed E-state index contributed by atoms with van der Waals surface area (Å²) in [4.78, 5) is 67.0. The van der Waals surface area contributed by atoms with Gasteiger partial charge in [0.1, 0.15) is 11.8 Å². The number of aryl methyl sites for hydroxylation is 2. The number of benzene rings is 2. The molecule has 0 spiro atoms. The van der Waals surface area contributed by atoms with Crippen molar-refractivity contribution < 1.29 is 19.5 Å². The highest BCUT2D eigenvalue weighted by molar-refractivity contribution is 6.00. The van der Waals surface area contributed by atoms with Gasteiger partial charge in [-0.1, -0.05) is 18.2 Å². The molecular formula is C41H45N11O5. The number of carbonyl (C=O) groups is 3. The molecule has 16 heteroatoms. The summed E-state index contributed by atoms with van der Waals surface area (Å²) >= 11 is 0. The van der Waals surface area contributed by atoms with Gasteiger partial charge in [-0.3, -0.25) is 28.8 Å². The van der Waals surface area contributed by atoms with Crippen LogP contribution in [0.2, 0.25) is 0 Å². The molecule has 4 aliphatic heterocycles. The third-order valence-electron chi connectivity index (χ3n) is 12.3. The molecule has 2 aromatic carbocycles. The SMILES string of the molecule is Cn1c(=O)n(C2CCC(=O)NC2=O)c2ccc(CCC(=O)N3CCC(c4cnc(N5C6CCC5CN(c5cc(-c7ccccc7O)nnc5N)C6)nc4)CC3)cc21. The Labute approximate surface area is 328 Å². The molecule has 3 unspecified atom stereocenters. The molecule has 7 heterocycles. The predicted octanol–water partition coefficient (Wildman–Crippen LogP) is 3.05. The fourth-order valence-corrected chi connectivity index (χ4v) is 9.23. The van der Waals surface area contributed by atoms with Crippen molar-refractivity contribution >= 4 is 46.2 Å².